The molecule has 0 saturated carbocycles. The molecule has 0 atom stereocenters. The minimum Gasteiger partial charge on any atom is -0.504 e. The predicted octanol–water partition coefficient (Wildman–Crippen LogP) is 5.27. The maximum Gasteiger partial charge on any atom is 0.187 e. The number of aromatic nitrogens is 1. The van der Waals surface area contributed by atoms with E-state index >= 15 is 0 Å². The van der Waals surface area contributed by atoms with Crippen molar-refractivity contribution in [2.45, 2.75) is 0 Å². The molecule has 1 heterocycles. The second-order valence-electron chi connectivity index (χ2n) is 4.49. The normalized spacial score (nSPS) is 10.6. The number of phenolic OH excluding ortho intramolecular Hbond substituents is 2. The van der Waals surface area contributed by atoms with E-state index in [1.807, 2.05) is 5.38 Å². The van der Waals surface area contributed by atoms with Crippen molar-refractivity contribution in [1.29, 1.82) is 0 Å². The van der Waals surface area contributed by atoms with Crippen LogP contribution >= 0.6 is 34.5 Å². The number of halogens is 2. The number of rotatable bonds is 3. The van der Waals surface area contributed by atoms with Gasteiger partial charge in [0.15, 0.2) is 16.6 Å². The molecule has 0 spiro atoms. The number of thiazole rings is 1. The molecule has 112 valence electrons. The number of aromatic hydroxyl groups is 2. The van der Waals surface area contributed by atoms with Gasteiger partial charge in [-0.15, -0.1) is 11.3 Å². The van der Waals surface area contributed by atoms with E-state index in [-0.39, 0.29) is 11.5 Å². The van der Waals surface area contributed by atoms with Crippen molar-refractivity contribution < 1.29 is 10.2 Å². The molecule has 22 heavy (non-hydrogen) atoms. The first kappa shape index (κ1) is 15.0. The Bertz CT molecular complexity index is 836. The zero-order valence-electron chi connectivity index (χ0n) is 11.0. The predicted molar refractivity (Wildman–Crippen MR) is 90.6 cm³/mol. The first-order valence-corrected chi connectivity index (χ1v) is 7.86. The molecule has 0 fully saturated rings. The summed E-state index contributed by atoms with van der Waals surface area (Å²) in [5, 5.41) is 25.6. The molecular weight excluding hydrogens is 343 g/mol. The van der Waals surface area contributed by atoms with E-state index in [2.05, 4.69) is 10.3 Å². The van der Waals surface area contributed by atoms with Gasteiger partial charge in [0.1, 0.15) is 0 Å². The van der Waals surface area contributed by atoms with Gasteiger partial charge in [-0.05, 0) is 36.4 Å². The van der Waals surface area contributed by atoms with Crippen molar-refractivity contribution in [3.63, 3.8) is 0 Å². The number of nitrogens with zero attached hydrogens (tertiary/aromatic N) is 1. The molecule has 3 rings (SSSR count). The van der Waals surface area contributed by atoms with Crippen molar-refractivity contribution in [2.75, 3.05) is 5.32 Å². The lowest BCUT2D eigenvalue weighted by molar-refractivity contribution is 0.404. The lowest BCUT2D eigenvalue weighted by atomic mass is 10.1. The van der Waals surface area contributed by atoms with Crippen LogP contribution in [0.25, 0.3) is 11.3 Å². The zero-order valence-corrected chi connectivity index (χ0v) is 13.4. The third-order valence-electron chi connectivity index (χ3n) is 2.95. The highest BCUT2D eigenvalue weighted by molar-refractivity contribution is 7.14. The quantitative estimate of drug-likeness (QED) is 0.561. The lowest BCUT2D eigenvalue weighted by Gasteiger charge is -2.05. The second kappa shape index (κ2) is 6.04. The van der Waals surface area contributed by atoms with Gasteiger partial charge >= 0.3 is 0 Å². The van der Waals surface area contributed by atoms with Crippen molar-refractivity contribution in [1.82, 2.24) is 4.98 Å². The van der Waals surface area contributed by atoms with Crippen LogP contribution in [0.2, 0.25) is 10.0 Å². The maximum absolute atomic E-state index is 9.55. The van der Waals surface area contributed by atoms with Gasteiger partial charge in [-0.3, -0.25) is 0 Å². The lowest BCUT2D eigenvalue weighted by Crippen LogP contribution is -1.90. The molecule has 3 aromatic rings. The van der Waals surface area contributed by atoms with Crippen LogP contribution in [0.1, 0.15) is 0 Å². The molecule has 0 radical (unpaired) electrons. The van der Waals surface area contributed by atoms with Crippen molar-refractivity contribution >= 4 is 45.4 Å². The van der Waals surface area contributed by atoms with E-state index in [4.69, 9.17) is 23.2 Å². The number of hydrogen-bond donors (Lipinski definition) is 3. The van der Waals surface area contributed by atoms with Gasteiger partial charge in [0.2, 0.25) is 0 Å². The molecule has 0 bridgehead atoms. The minimum absolute atomic E-state index is 0.164. The van der Waals surface area contributed by atoms with Crippen LogP contribution in [0.5, 0.6) is 11.5 Å². The molecule has 4 nitrogen and oxygen atoms in total. The topological polar surface area (TPSA) is 65.4 Å². The monoisotopic (exact) mass is 352 g/mol. The van der Waals surface area contributed by atoms with Crippen LogP contribution in [0, 0.1) is 0 Å². The van der Waals surface area contributed by atoms with Gasteiger partial charge in [0.25, 0.3) is 0 Å². The van der Waals surface area contributed by atoms with E-state index in [0.29, 0.717) is 32.1 Å². The Morgan fingerprint density at radius 1 is 1.00 bits per heavy atom. The van der Waals surface area contributed by atoms with E-state index in [1.165, 1.54) is 23.5 Å². The van der Waals surface area contributed by atoms with Crippen LogP contribution in [-0.2, 0) is 0 Å². The Labute approximate surface area is 140 Å². The van der Waals surface area contributed by atoms with E-state index in [0.717, 1.165) is 0 Å². The van der Waals surface area contributed by atoms with Crippen LogP contribution in [-0.4, -0.2) is 15.2 Å². The number of benzene rings is 2. The Morgan fingerprint density at radius 3 is 2.59 bits per heavy atom. The molecule has 0 aliphatic rings. The Kier molecular flexibility index (Phi) is 4.11. The molecule has 0 aliphatic heterocycles. The van der Waals surface area contributed by atoms with Crippen molar-refractivity contribution in [3.05, 3.63) is 51.8 Å². The van der Waals surface area contributed by atoms with Crippen LogP contribution < -0.4 is 5.32 Å². The van der Waals surface area contributed by atoms with Gasteiger partial charge in [-0.25, -0.2) is 4.98 Å². The average Bonchev–Trinajstić information content (AvgIpc) is 2.94. The summed E-state index contributed by atoms with van der Waals surface area (Å²) in [6, 6.07) is 9.70. The summed E-state index contributed by atoms with van der Waals surface area (Å²) in [6.45, 7) is 0. The van der Waals surface area contributed by atoms with E-state index in [1.54, 1.807) is 24.3 Å². The average molecular weight is 353 g/mol. The van der Waals surface area contributed by atoms with Gasteiger partial charge in [-0.2, -0.15) is 0 Å². The summed E-state index contributed by atoms with van der Waals surface area (Å²) in [7, 11) is 0. The first-order valence-electron chi connectivity index (χ1n) is 6.23. The smallest absolute Gasteiger partial charge is 0.187 e. The zero-order chi connectivity index (χ0) is 15.7. The van der Waals surface area contributed by atoms with E-state index in [9.17, 15) is 10.2 Å². The Balaban J connectivity index is 1.87. The number of anilines is 2. The summed E-state index contributed by atoms with van der Waals surface area (Å²) >= 11 is 13.4. The summed E-state index contributed by atoms with van der Waals surface area (Å²) in [5.41, 5.74) is 2.06. The van der Waals surface area contributed by atoms with Crippen LogP contribution in [0.15, 0.2) is 41.8 Å². The summed E-state index contributed by atoms with van der Waals surface area (Å²) in [5.74, 6) is -0.346. The van der Waals surface area contributed by atoms with Crippen molar-refractivity contribution in [3.8, 4) is 22.8 Å². The molecule has 0 unspecified atom stereocenters. The molecule has 0 saturated heterocycles. The second-order valence-corrected chi connectivity index (χ2v) is 6.19. The molecule has 0 amide bonds. The van der Waals surface area contributed by atoms with Crippen molar-refractivity contribution in [2.24, 2.45) is 0 Å². The Morgan fingerprint density at radius 2 is 1.82 bits per heavy atom. The van der Waals surface area contributed by atoms with Gasteiger partial charge in [0, 0.05) is 16.0 Å². The highest BCUT2D eigenvalue weighted by Crippen LogP contribution is 2.34. The number of phenols is 2. The van der Waals surface area contributed by atoms with E-state index < -0.39 is 0 Å². The largest absolute Gasteiger partial charge is 0.504 e. The molecular formula is C15H10Cl2N2O2S. The Hall–Kier alpha value is -1.95. The molecule has 7 heteroatoms. The minimum atomic E-state index is -0.183. The molecule has 2 aromatic carbocycles. The van der Waals surface area contributed by atoms with Gasteiger partial charge < -0.3 is 15.5 Å². The summed E-state index contributed by atoms with van der Waals surface area (Å²) < 4.78 is 0. The summed E-state index contributed by atoms with van der Waals surface area (Å²) in [4.78, 5) is 4.43. The maximum atomic E-state index is 9.55. The SMILES string of the molecule is Oc1ccc(-c2csc(Nc3cc(Cl)ccc3Cl)n2)cc1O. The van der Waals surface area contributed by atoms with Gasteiger partial charge in [-0.1, -0.05) is 23.2 Å². The standard InChI is InChI=1S/C15H10Cl2N2O2S/c16-9-2-3-10(17)11(6-9)18-15-19-12(7-22-15)8-1-4-13(20)14(21)5-8/h1-7,20-21H,(H,18,19). The fourth-order valence-electron chi connectivity index (χ4n) is 1.85. The number of hydrogen-bond acceptors (Lipinski definition) is 5. The van der Waals surface area contributed by atoms with Crippen LogP contribution in [0.4, 0.5) is 10.8 Å². The number of nitrogens with one attached hydrogen (secondary N) is 1. The molecule has 1 aromatic heterocycles. The molecule has 3 N–H and O–H groups in total. The highest BCUT2D eigenvalue weighted by atomic mass is 35.5. The molecule has 0 aliphatic carbocycles. The fraction of sp³-hybridized carbons (Fsp3) is 0. The first-order chi connectivity index (χ1) is 10.5. The third kappa shape index (κ3) is 3.11. The highest BCUT2D eigenvalue weighted by Gasteiger charge is 2.09. The van der Waals surface area contributed by atoms with Crippen LogP contribution in [0.3, 0.4) is 0 Å². The van der Waals surface area contributed by atoms with Gasteiger partial charge in [0.05, 0.1) is 16.4 Å². The summed E-state index contributed by atoms with van der Waals surface area (Å²) in [6.07, 6.45) is 0. The third-order valence-corrected chi connectivity index (χ3v) is 4.27. The fourth-order valence-corrected chi connectivity index (χ4v) is 2.92.